The Bertz CT molecular complexity index is 486. The summed E-state index contributed by atoms with van der Waals surface area (Å²) >= 11 is 1.98. The second-order valence-electron chi connectivity index (χ2n) is 5.39. The molecule has 2 nitrogen and oxygen atoms in total. The Labute approximate surface area is 113 Å². The van der Waals surface area contributed by atoms with Gasteiger partial charge >= 0.3 is 0 Å². The Morgan fingerprint density at radius 1 is 1.39 bits per heavy atom. The fraction of sp³-hybridized carbons (Fsp3) is 0.533. The van der Waals surface area contributed by atoms with Crippen molar-refractivity contribution < 1.29 is 0 Å². The lowest BCUT2D eigenvalue weighted by molar-refractivity contribution is 0.558. The molecule has 18 heavy (non-hydrogen) atoms. The van der Waals surface area contributed by atoms with Crippen LogP contribution < -0.4 is 5.32 Å². The van der Waals surface area contributed by atoms with E-state index in [4.69, 9.17) is 5.26 Å². The summed E-state index contributed by atoms with van der Waals surface area (Å²) in [5.74, 6) is 1.26. The summed E-state index contributed by atoms with van der Waals surface area (Å²) in [5.41, 5.74) is 2.82. The number of nitrogens with one attached hydrogen (secondary N) is 1. The quantitative estimate of drug-likeness (QED) is 0.901. The van der Waals surface area contributed by atoms with Gasteiger partial charge in [0.25, 0.3) is 0 Å². The van der Waals surface area contributed by atoms with Crippen LogP contribution in [0.2, 0.25) is 0 Å². The number of fused-ring (bicyclic) bond motifs is 1. The van der Waals surface area contributed by atoms with Gasteiger partial charge < -0.3 is 5.32 Å². The van der Waals surface area contributed by atoms with Crippen molar-refractivity contribution in [3.63, 3.8) is 0 Å². The van der Waals surface area contributed by atoms with Crippen molar-refractivity contribution in [3.05, 3.63) is 29.3 Å². The van der Waals surface area contributed by atoms with Crippen molar-refractivity contribution in [1.29, 1.82) is 5.26 Å². The van der Waals surface area contributed by atoms with E-state index >= 15 is 0 Å². The number of rotatable bonds is 4. The fourth-order valence-electron chi connectivity index (χ4n) is 2.45. The van der Waals surface area contributed by atoms with E-state index in [1.54, 1.807) is 0 Å². The smallest absolute Gasteiger partial charge is 0.0703 e. The summed E-state index contributed by atoms with van der Waals surface area (Å²) in [7, 11) is 0. The van der Waals surface area contributed by atoms with E-state index in [2.05, 4.69) is 29.6 Å². The molecule has 1 aromatic carbocycles. The normalized spacial score (nSPS) is 19.9. The van der Waals surface area contributed by atoms with Crippen molar-refractivity contribution in [2.45, 2.75) is 37.1 Å². The van der Waals surface area contributed by atoms with Gasteiger partial charge in [0.05, 0.1) is 11.5 Å². The van der Waals surface area contributed by atoms with Gasteiger partial charge in [0.1, 0.15) is 0 Å². The zero-order chi connectivity index (χ0) is 12.4. The first-order valence-electron chi connectivity index (χ1n) is 6.68. The van der Waals surface area contributed by atoms with Gasteiger partial charge in [-0.1, -0.05) is 12.1 Å². The van der Waals surface area contributed by atoms with Crippen molar-refractivity contribution in [3.8, 4) is 6.07 Å². The molecule has 1 aromatic rings. The summed E-state index contributed by atoms with van der Waals surface area (Å²) in [4.78, 5) is 1.46. The lowest BCUT2D eigenvalue weighted by Gasteiger charge is -2.16. The average molecular weight is 258 g/mol. The van der Waals surface area contributed by atoms with Crippen LogP contribution in [0.4, 0.5) is 0 Å². The second kappa shape index (κ2) is 4.95. The molecule has 0 saturated heterocycles. The molecule has 1 fully saturated rings. The van der Waals surface area contributed by atoms with Crippen LogP contribution in [0.3, 0.4) is 0 Å². The molecule has 0 aromatic heterocycles. The average Bonchev–Trinajstić information content (AvgIpc) is 3.19. The van der Waals surface area contributed by atoms with Gasteiger partial charge in [-0.2, -0.15) is 5.26 Å². The third kappa shape index (κ3) is 2.55. The summed E-state index contributed by atoms with van der Waals surface area (Å²) < 4.78 is 0. The molecule has 94 valence electrons. The van der Waals surface area contributed by atoms with Crippen LogP contribution in [-0.4, -0.2) is 12.3 Å². The predicted octanol–water partition coefficient (Wildman–Crippen LogP) is 3.12. The molecule has 0 unspecified atom stereocenters. The van der Waals surface area contributed by atoms with E-state index in [0.29, 0.717) is 0 Å². The van der Waals surface area contributed by atoms with E-state index in [9.17, 15) is 0 Å². The molecular formula is C15H18N2S. The zero-order valence-corrected chi connectivity index (χ0v) is 11.4. The minimum absolute atomic E-state index is 0.0376. The summed E-state index contributed by atoms with van der Waals surface area (Å²) in [6.07, 6.45) is 4.65. The molecule has 1 N–H and O–H groups in total. The maximum Gasteiger partial charge on any atom is 0.0703 e. The van der Waals surface area contributed by atoms with Crippen LogP contribution in [0.5, 0.6) is 0 Å². The van der Waals surface area contributed by atoms with Crippen LogP contribution in [0, 0.1) is 16.7 Å². The Morgan fingerprint density at radius 3 is 3.06 bits per heavy atom. The van der Waals surface area contributed by atoms with Gasteiger partial charge in [-0.05, 0) is 48.6 Å². The highest BCUT2D eigenvalue weighted by atomic mass is 32.2. The Kier molecular flexibility index (Phi) is 3.32. The number of nitrogens with zero attached hydrogens (tertiary/aromatic N) is 1. The first kappa shape index (κ1) is 12.1. The first-order chi connectivity index (χ1) is 8.81. The topological polar surface area (TPSA) is 35.8 Å². The number of thioether (sulfide) groups is 1. The van der Waals surface area contributed by atoms with Crippen LogP contribution in [0.25, 0.3) is 0 Å². The number of aryl methyl sites for hydroxylation is 1. The van der Waals surface area contributed by atoms with Gasteiger partial charge in [0.15, 0.2) is 0 Å². The molecule has 3 heteroatoms. The van der Waals surface area contributed by atoms with Gasteiger partial charge in [0, 0.05) is 18.0 Å². The molecule has 2 aliphatic rings. The summed E-state index contributed by atoms with van der Waals surface area (Å²) in [5, 5.41) is 12.5. The van der Waals surface area contributed by atoms with Crippen LogP contribution in [-0.2, 0) is 13.0 Å². The third-order valence-electron chi connectivity index (χ3n) is 3.86. The molecular weight excluding hydrogens is 240 g/mol. The third-order valence-corrected chi connectivity index (χ3v) is 5.06. The molecule has 0 spiro atoms. The SMILES string of the molecule is N#CC1(CNCc2ccc3c(c2)CCCS3)CC1. The molecule has 3 rings (SSSR count). The molecule has 0 amide bonds. The molecule has 0 bridgehead atoms. The van der Waals surface area contributed by atoms with Gasteiger partial charge in [-0.15, -0.1) is 11.8 Å². The highest BCUT2D eigenvalue weighted by molar-refractivity contribution is 7.99. The maximum atomic E-state index is 9.02. The number of nitriles is 1. The number of benzene rings is 1. The van der Waals surface area contributed by atoms with Crippen molar-refractivity contribution in [1.82, 2.24) is 5.32 Å². The van der Waals surface area contributed by atoms with Gasteiger partial charge in [-0.3, -0.25) is 0 Å². The van der Waals surface area contributed by atoms with E-state index in [1.165, 1.54) is 34.6 Å². The molecule has 1 aliphatic heterocycles. The van der Waals surface area contributed by atoms with Crippen molar-refractivity contribution in [2.75, 3.05) is 12.3 Å². The van der Waals surface area contributed by atoms with Crippen molar-refractivity contribution >= 4 is 11.8 Å². The fourth-order valence-corrected chi connectivity index (χ4v) is 3.47. The molecule has 0 atom stereocenters. The van der Waals surface area contributed by atoms with Gasteiger partial charge in [-0.25, -0.2) is 0 Å². The van der Waals surface area contributed by atoms with Crippen LogP contribution >= 0.6 is 11.8 Å². The second-order valence-corrected chi connectivity index (χ2v) is 6.53. The largest absolute Gasteiger partial charge is 0.311 e. The van der Waals surface area contributed by atoms with Gasteiger partial charge in [0.2, 0.25) is 0 Å². The Morgan fingerprint density at radius 2 is 2.28 bits per heavy atom. The molecule has 1 aliphatic carbocycles. The lowest BCUT2D eigenvalue weighted by Crippen LogP contribution is -2.22. The van der Waals surface area contributed by atoms with Crippen LogP contribution in [0.15, 0.2) is 23.1 Å². The zero-order valence-electron chi connectivity index (χ0n) is 10.5. The minimum atomic E-state index is -0.0376. The van der Waals surface area contributed by atoms with E-state index in [0.717, 1.165) is 25.9 Å². The molecule has 1 heterocycles. The first-order valence-corrected chi connectivity index (χ1v) is 7.66. The van der Waals surface area contributed by atoms with Crippen molar-refractivity contribution in [2.24, 2.45) is 5.41 Å². The highest BCUT2D eigenvalue weighted by Gasteiger charge is 2.42. The number of hydrogen-bond acceptors (Lipinski definition) is 3. The van der Waals surface area contributed by atoms with E-state index in [-0.39, 0.29) is 5.41 Å². The summed E-state index contributed by atoms with van der Waals surface area (Å²) in [6, 6.07) is 9.23. The number of hydrogen-bond donors (Lipinski definition) is 1. The highest BCUT2D eigenvalue weighted by Crippen LogP contribution is 2.44. The van der Waals surface area contributed by atoms with Crippen LogP contribution in [0.1, 0.15) is 30.4 Å². The monoisotopic (exact) mass is 258 g/mol. The molecule has 0 radical (unpaired) electrons. The summed E-state index contributed by atoms with van der Waals surface area (Å²) in [6.45, 7) is 1.73. The molecule has 1 saturated carbocycles. The predicted molar refractivity (Wildman–Crippen MR) is 74.5 cm³/mol. The van der Waals surface area contributed by atoms with E-state index < -0.39 is 0 Å². The Balaban J connectivity index is 1.58. The standard InChI is InChI=1S/C15H18N2S/c16-10-15(5-6-15)11-17-9-12-3-4-14-13(8-12)2-1-7-18-14/h3-4,8,17H,1-2,5-7,9,11H2. The lowest BCUT2D eigenvalue weighted by atomic mass is 10.1. The minimum Gasteiger partial charge on any atom is -0.311 e. The Hall–Kier alpha value is -0.980. The van der Waals surface area contributed by atoms with E-state index in [1.807, 2.05) is 11.8 Å². The maximum absolute atomic E-state index is 9.02.